The van der Waals surface area contributed by atoms with Crippen LogP contribution in [0, 0.1) is 10.1 Å². The summed E-state index contributed by atoms with van der Waals surface area (Å²) in [5, 5.41) is 14.6. The highest BCUT2D eigenvalue weighted by molar-refractivity contribution is 6.00. The fourth-order valence-electron chi connectivity index (χ4n) is 5.24. The van der Waals surface area contributed by atoms with E-state index < -0.39 is 28.9 Å². The molecule has 9 nitrogen and oxygen atoms in total. The molecule has 4 rings (SSSR count). The molecule has 38 heavy (non-hydrogen) atoms. The van der Waals surface area contributed by atoms with Crippen molar-refractivity contribution in [1.82, 2.24) is 10.2 Å². The van der Waals surface area contributed by atoms with E-state index in [-0.39, 0.29) is 16.8 Å². The zero-order chi connectivity index (χ0) is 27.2. The number of allylic oxidation sites excluding steroid dienone is 2. The summed E-state index contributed by atoms with van der Waals surface area (Å²) in [4.78, 5) is 40.2. The quantitative estimate of drug-likeness (QED) is 0.302. The average molecular weight is 520 g/mol. The minimum Gasteiger partial charge on any atom is -0.466 e. The van der Waals surface area contributed by atoms with Crippen LogP contribution < -0.4 is 5.32 Å². The van der Waals surface area contributed by atoms with Gasteiger partial charge in [-0.3, -0.25) is 15.0 Å². The standard InChI is InChI=1S/C29H33N3O6/c1-19-25(28(33)37-3)27(22-13-10-14-23(17-22)32(35)36)26(20(2)30-19)29(34)38-24(21-11-6-4-7-12-21)18-31-15-8-5-9-16-31/h4,6-7,10-14,17,24,27,30H,5,8-9,15-16,18H2,1-3H3/t24-,27-/m0/s1. The number of carbonyl (C=O) groups is 2. The Hall–Kier alpha value is -3.98. The largest absolute Gasteiger partial charge is 0.466 e. The third kappa shape index (κ3) is 5.94. The van der Waals surface area contributed by atoms with E-state index in [1.807, 2.05) is 30.3 Å². The van der Waals surface area contributed by atoms with Crippen LogP contribution in [0.3, 0.4) is 0 Å². The minimum absolute atomic E-state index is 0.138. The summed E-state index contributed by atoms with van der Waals surface area (Å²) in [6.07, 6.45) is 2.87. The number of nitrogens with zero attached hydrogens (tertiary/aromatic N) is 2. The van der Waals surface area contributed by atoms with Crippen molar-refractivity contribution in [3.8, 4) is 0 Å². The Kier molecular flexibility index (Phi) is 8.58. The molecule has 0 bridgehead atoms. The molecule has 0 amide bonds. The number of non-ortho nitro benzene ring substituents is 1. The van der Waals surface area contributed by atoms with Crippen LogP contribution in [-0.2, 0) is 19.1 Å². The molecule has 0 unspecified atom stereocenters. The first-order valence-corrected chi connectivity index (χ1v) is 12.8. The second-order valence-corrected chi connectivity index (χ2v) is 9.64. The lowest BCUT2D eigenvalue weighted by Crippen LogP contribution is -2.36. The zero-order valence-corrected chi connectivity index (χ0v) is 21.9. The number of carbonyl (C=O) groups excluding carboxylic acids is 2. The van der Waals surface area contributed by atoms with Gasteiger partial charge < -0.3 is 14.8 Å². The fourth-order valence-corrected chi connectivity index (χ4v) is 5.24. The smallest absolute Gasteiger partial charge is 0.337 e. The Morgan fingerprint density at radius 1 is 1.00 bits per heavy atom. The lowest BCUT2D eigenvalue weighted by Gasteiger charge is -2.33. The molecular weight excluding hydrogens is 486 g/mol. The van der Waals surface area contributed by atoms with E-state index in [0.29, 0.717) is 23.5 Å². The maximum atomic E-state index is 14.0. The Morgan fingerprint density at radius 2 is 1.66 bits per heavy atom. The van der Waals surface area contributed by atoms with Gasteiger partial charge in [-0.15, -0.1) is 0 Å². The fraction of sp³-hybridized carbons (Fsp3) is 0.379. The highest BCUT2D eigenvalue weighted by Gasteiger charge is 2.39. The van der Waals surface area contributed by atoms with E-state index in [1.54, 1.807) is 26.0 Å². The van der Waals surface area contributed by atoms with Gasteiger partial charge in [0.15, 0.2) is 0 Å². The molecule has 200 valence electrons. The molecule has 1 saturated heterocycles. The van der Waals surface area contributed by atoms with Gasteiger partial charge >= 0.3 is 11.9 Å². The van der Waals surface area contributed by atoms with E-state index in [1.165, 1.54) is 25.7 Å². The summed E-state index contributed by atoms with van der Waals surface area (Å²) in [6.45, 7) is 5.88. The number of nitro benzene ring substituents is 1. The highest BCUT2D eigenvalue weighted by atomic mass is 16.6. The van der Waals surface area contributed by atoms with Crippen molar-refractivity contribution < 1.29 is 24.0 Å². The maximum Gasteiger partial charge on any atom is 0.337 e. The molecule has 9 heteroatoms. The third-order valence-electron chi connectivity index (χ3n) is 7.09. The van der Waals surface area contributed by atoms with Crippen molar-refractivity contribution in [3.05, 3.63) is 98.4 Å². The van der Waals surface area contributed by atoms with Crippen molar-refractivity contribution in [2.24, 2.45) is 0 Å². The number of rotatable bonds is 8. The van der Waals surface area contributed by atoms with Gasteiger partial charge in [0, 0.05) is 30.1 Å². The van der Waals surface area contributed by atoms with Gasteiger partial charge in [0.2, 0.25) is 0 Å². The van der Waals surface area contributed by atoms with Gasteiger partial charge in [-0.2, -0.15) is 0 Å². The summed E-state index contributed by atoms with van der Waals surface area (Å²) in [5.74, 6) is -2.12. The van der Waals surface area contributed by atoms with Crippen LogP contribution >= 0.6 is 0 Å². The topological polar surface area (TPSA) is 111 Å². The van der Waals surface area contributed by atoms with Crippen molar-refractivity contribution >= 4 is 17.6 Å². The van der Waals surface area contributed by atoms with Crippen LogP contribution in [0.2, 0.25) is 0 Å². The molecule has 2 aromatic rings. The molecule has 2 aromatic carbocycles. The summed E-state index contributed by atoms with van der Waals surface area (Å²) >= 11 is 0. The third-order valence-corrected chi connectivity index (χ3v) is 7.09. The first-order chi connectivity index (χ1) is 18.3. The lowest BCUT2D eigenvalue weighted by atomic mass is 9.80. The number of nitrogens with one attached hydrogen (secondary N) is 1. The summed E-state index contributed by atoms with van der Waals surface area (Å²) in [6, 6.07) is 15.6. The Morgan fingerprint density at radius 3 is 2.29 bits per heavy atom. The summed E-state index contributed by atoms with van der Waals surface area (Å²) in [5.41, 5.74) is 2.62. The normalized spacial score (nSPS) is 19.0. The second kappa shape index (κ2) is 12.0. The Balaban J connectivity index is 1.74. The van der Waals surface area contributed by atoms with Crippen molar-refractivity contribution in [1.29, 1.82) is 0 Å². The van der Waals surface area contributed by atoms with Crippen LogP contribution in [0.1, 0.15) is 56.3 Å². The first kappa shape index (κ1) is 27.1. The van der Waals surface area contributed by atoms with Crippen molar-refractivity contribution in [2.45, 2.75) is 45.1 Å². The van der Waals surface area contributed by atoms with E-state index in [2.05, 4.69) is 10.2 Å². The molecule has 2 atom stereocenters. The van der Waals surface area contributed by atoms with Crippen LogP contribution in [0.4, 0.5) is 5.69 Å². The lowest BCUT2D eigenvalue weighted by molar-refractivity contribution is -0.384. The summed E-state index contributed by atoms with van der Waals surface area (Å²) < 4.78 is 11.2. The van der Waals surface area contributed by atoms with E-state index in [9.17, 15) is 19.7 Å². The van der Waals surface area contributed by atoms with E-state index in [4.69, 9.17) is 9.47 Å². The summed E-state index contributed by atoms with van der Waals surface area (Å²) in [7, 11) is 1.26. The first-order valence-electron chi connectivity index (χ1n) is 12.8. The predicted octanol–water partition coefficient (Wildman–Crippen LogP) is 4.77. The Labute approximate surface area is 222 Å². The minimum atomic E-state index is -0.900. The number of likely N-dealkylation sites (tertiary alicyclic amines) is 1. The molecule has 0 aromatic heterocycles. The maximum absolute atomic E-state index is 14.0. The predicted molar refractivity (Wildman–Crippen MR) is 142 cm³/mol. The van der Waals surface area contributed by atoms with Crippen LogP contribution in [-0.4, -0.2) is 48.5 Å². The number of hydrogen-bond donors (Lipinski definition) is 1. The number of piperidine rings is 1. The molecule has 2 aliphatic heterocycles. The molecule has 2 heterocycles. The number of esters is 2. The molecule has 0 aliphatic carbocycles. The number of hydrogen-bond acceptors (Lipinski definition) is 8. The van der Waals surface area contributed by atoms with Crippen molar-refractivity contribution in [3.63, 3.8) is 0 Å². The van der Waals surface area contributed by atoms with Gasteiger partial charge in [0.25, 0.3) is 5.69 Å². The zero-order valence-electron chi connectivity index (χ0n) is 21.9. The number of ether oxygens (including phenoxy) is 2. The Bertz CT molecular complexity index is 1260. The number of methoxy groups -OCH3 is 1. The van der Waals surface area contributed by atoms with Crippen LogP contribution in [0.5, 0.6) is 0 Å². The van der Waals surface area contributed by atoms with Gasteiger partial charge in [0.05, 0.1) is 29.1 Å². The van der Waals surface area contributed by atoms with Gasteiger partial charge in [-0.05, 0) is 50.9 Å². The monoisotopic (exact) mass is 519 g/mol. The van der Waals surface area contributed by atoms with Crippen molar-refractivity contribution in [2.75, 3.05) is 26.7 Å². The molecular formula is C29H33N3O6. The van der Waals surface area contributed by atoms with E-state index in [0.717, 1.165) is 31.5 Å². The SMILES string of the molecule is COC(=O)C1=C(C)NC(C)=C(C(=O)O[C@@H](CN2CCCCC2)c2ccccc2)[C@H]1c1cccc([N+](=O)[O-])c1. The van der Waals surface area contributed by atoms with Crippen LogP contribution in [0.15, 0.2) is 77.1 Å². The van der Waals surface area contributed by atoms with Gasteiger partial charge in [0.1, 0.15) is 6.10 Å². The number of nitro groups is 1. The molecule has 0 saturated carbocycles. The van der Waals surface area contributed by atoms with E-state index >= 15 is 0 Å². The molecule has 0 radical (unpaired) electrons. The molecule has 1 fully saturated rings. The number of benzene rings is 2. The van der Waals surface area contributed by atoms with Gasteiger partial charge in [-0.25, -0.2) is 9.59 Å². The number of dihydropyridines is 1. The molecule has 2 aliphatic rings. The molecule has 0 spiro atoms. The molecule has 1 N–H and O–H groups in total. The average Bonchev–Trinajstić information content (AvgIpc) is 2.93. The van der Waals surface area contributed by atoms with Crippen LogP contribution in [0.25, 0.3) is 0 Å². The highest BCUT2D eigenvalue weighted by Crippen LogP contribution is 2.40. The second-order valence-electron chi connectivity index (χ2n) is 9.64. The van der Waals surface area contributed by atoms with Gasteiger partial charge in [-0.1, -0.05) is 48.9 Å².